The standard InChI is InChI=1S/C21H20IN3O/c22-26-17-5-1-3-13(10-17)15-9-16-7-8-20(24-25(16)21(23)12-15)18-6-2-4-14-11-19(14)18/h1-4,6-7,9-10,12,14,17,19H,5,8,11,23H2. The van der Waals surface area contributed by atoms with E-state index in [-0.39, 0.29) is 6.10 Å². The van der Waals surface area contributed by atoms with Crippen LogP contribution in [0.3, 0.4) is 0 Å². The lowest BCUT2D eigenvalue weighted by molar-refractivity contribution is 0.344. The molecule has 5 rings (SSSR count). The summed E-state index contributed by atoms with van der Waals surface area (Å²) in [6.45, 7) is 0. The summed E-state index contributed by atoms with van der Waals surface area (Å²) < 4.78 is 5.45. The van der Waals surface area contributed by atoms with E-state index in [1.54, 1.807) is 0 Å². The number of fused-ring (bicyclic) bond motifs is 2. The van der Waals surface area contributed by atoms with Gasteiger partial charge in [-0.15, -0.1) is 0 Å². The van der Waals surface area contributed by atoms with Crippen molar-refractivity contribution in [1.82, 2.24) is 5.01 Å². The zero-order valence-corrected chi connectivity index (χ0v) is 16.5. The summed E-state index contributed by atoms with van der Waals surface area (Å²) in [5.74, 6) is 2.05. The van der Waals surface area contributed by atoms with Gasteiger partial charge in [0.2, 0.25) is 0 Å². The maximum absolute atomic E-state index is 6.37. The van der Waals surface area contributed by atoms with E-state index in [0.29, 0.717) is 11.7 Å². The highest BCUT2D eigenvalue weighted by Gasteiger charge is 2.41. The molecule has 4 nitrogen and oxygen atoms in total. The van der Waals surface area contributed by atoms with Crippen LogP contribution in [0.2, 0.25) is 0 Å². The fourth-order valence-electron chi connectivity index (χ4n) is 4.03. The average Bonchev–Trinajstić information content (AvgIpc) is 3.47. The fraction of sp³-hybridized carbons (Fsp3) is 0.286. The van der Waals surface area contributed by atoms with Gasteiger partial charge in [-0.25, -0.2) is 5.01 Å². The Kier molecular flexibility index (Phi) is 4.01. The minimum atomic E-state index is 0.117. The van der Waals surface area contributed by atoms with Gasteiger partial charge in [0.15, 0.2) is 0 Å². The van der Waals surface area contributed by atoms with Gasteiger partial charge in [0.25, 0.3) is 0 Å². The smallest absolute Gasteiger partial charge is 0.126 e. The molecule has 5 heteroatoms. The van der Waals surface area contributed by atoms with Gasteiger partial charge in [0.05, 0.1) is 17.5 Å². The zero-order valence-electron chi connectivity index (χ0n) is 14.3. The zero-order chi connectivity index (χ0) is 17.7. The molecular formula is C21H20IN3O. The van der Waals surface area contributed by atoms with Crippen molar-refractivity contribution in [3.05, 3.63) is 82.9 Å². The first-order chi connectivity index (χ1) is 12.7. The molecule has 0 bridgehead atoms. The van der Waals surface area contributed by atoms with Crippen molar-refractivity contribution in [2.45, 2.75) is 25.4 Å². The highest BCUT2D eigenvalue weighted by Crippen LogP contribution is 2.48. The van der Waals surface area contributed by atoms with Crippen molar-refractivity contribution >= 4 is 28.7 Å². The predicted molar refractivity (Wildman–Crippen MR) is 112 cm³/mol. The van der Waals surface area contributed by atoms with E-state index in [1.807, 2.05) is 34.1 Å². The Morgan fingerprint density at radius 2 is 2.19 bits per heavy atom. The van der Waals surface area contributed by atoms with Crippen LogP contribution in [0, 0.1) is 11.8 Å². The van der Waals surface area contributed by atoms with E-state index in [1.165, 1.54) is 12.0 Å². The molecule has 2 aliphatic heterocycles. The summed E-state index contributed by atoms with van der Waals surface area (Å²) in [6, 6.07) is 0. The Hall–Kier alpha value is -1.86. The predicted octanol–water partition coefficient (Wildman–Crippen LogP) is 4.43. The van der Waals surface area contributed by atoms with Gasteiger partial charge in [-0.1, -0.05) is 36.5 Å². The minimum Gasteiger partial charge on any atom is -0.384 e. The number of halogens is 1. The lowest BCUT2D eigenvalue weighted by Gasteiger charge is -2.30. The number of nitrogens with two attached hydrogens (primary N) is 1. The lowest BCUT2D eigenvalue weighted by atomic mass is 9.94. The molecule has 26 heavy (non-hydrogen) atoms. The lowest BCUT2D eigenvalue weighted by Crippen LogP contribution is -2.29. The van der Waals surface area contributed by atoms with Crippen LogP contribution in [0.25, 0.3) is 0 Å². The third-order valence-corrected chi connectivity index (χ3v) is 6.16. The van der Waals surface area contributed by atoms with Crippen LogP contribution >= 0.6 is 23.0 Å². The molecule has 132 valence electrons. The van der Waals surface area contributed by atoms with Crippen molar-refractivity contribution in [3.8, 4) is 0 Å². The molecule has 0 aromatic rings. The van der Waals surface area contributed by atoms with E-state index < -0.39 is 0 Å². The Bertz CT molecular complexity index is 900. The van der Waals surface area contributed by atoms with Gasteiger partial charge in [-0.2, -0.15) is 5.10 Å². The van der Waals surface area contributed by atoms with E-state index >= 15 is 0 Å². The second-order valence-corrected chi connectivity index (χ2v) is 7.77. The van der Waals surface area contributed by atoms with Crippen LogP contribution in [-0.2, 0) is 3.07 Å². The van der Waals surface area contributed by atoms with Gasteiger partial charge in [0.1, 0.15) is 28.8 Å². The van der Waals surface area contributed by atoms with Gasteiger partial charge >= 0.3 is 0 Å². The van der Waals surface area contributed by atoms with E-state index in [2.05, 4.69) is 48.6 Å². The molecule has 0 spiro atoms. The summed E-state index contributed by atoms with van der Waals surface area (Å²) in [7, 11) is 0. The van der Waals surface area contributed by atoms with Gasteiger partial charge < -0.3 is 8.80 Å². The van der Waals surface area contributed by atoms with E-state index in [9.17, 15) is 0 Å². The van der Waals surface area contributed by atoms with Crippen molar-refractivity contribution in [1.29, 1.82) is 0 Å². The molecule has 3 unspecified atom stereocenters. The monoisotopic (exact) mass is 457 g/mol. The Labute approximate surface area is 167 Å². The first-order valence-corrected chi connectivity index (χ1v) is 9.92. The molecule has 0 aromatic carbocycles. The number of hydrazone groups is 1. The molecule has 0 radical (unpaired) electrons. The maximum Gasteiger partial charge on any atom is 0.126 e. The first-order valence-electron chi connectivity index (χ1n) is 9.04. The minimum absolute atomic E-state index is 0.117. The van der Waals surface area contributed by atoms with Crippen LogP contribution in [0.4, 0.5) is 0 Å². The van der Waals surface area contributed by atoms with Crippen molar-refractivity contribution in [3.63, 3.8) is 0 Å². The molecule has 0 amide bonds. The van der Waals surface area contributed by atoms with E-state index in [4.69, 9.17) is 13.9 Å². The first kappa shape index (κ1) is 16.3. The quantitative estimate of drug-likeness (QED) is 0.639. The largest absolute Gasteiger partial charge is 0.384 e. The van der Waals surface area contributed by atoms with Crippen LogP contribution in [0.5, 0.6) is 0 Å². The number of allylic oxidation sites excluding steroid dienone is 10. The fourth-order valence-corrected chi connectivity index (χ4v) is 4.38. The summed E-state index contributed by atoms with van der Waals surface area (Å²) in [5, 5.41) is 6.75. The average molecular weight is 457 g/mol. The molecule has 0 saturated heterocycles. The second kappa shape index (κ2) is 6.39. The third-order valence-electron chi connectivity index (χ3n) is 5.51. The number of rotatable bonds is 3. The van der Waals surface area contributed by atoms with Crippen molar-refractivity contribution < 1.29 is 3.07 Å². The van der Waals surface area contributed by atoms with Crippen LogP contribution < -0.4 is 5.73 Å². The molecule has 5 aliphatic rings. The Balaban J connectivity index is 1.43. The van der Waals surface area contributed by atoms with Crippen molar-refractivity contribution in [2.24, 2.45) is 22.7 Å². The van der Waals surface area contributed by atoms with Gasteiger partial charge in [-0.05, 0) is 59.6 Å². The summed E-state index contributed by atoms with van der Waals surface area (Å²) >= 11 is 1.96. The van der Waals surface area contributed by atoms with Crippen LogP contribution in [0.15, 0.2) is 88.0 Å². The van der Waals surface area contributed by atoms with Gasteiger partial charge in [-0.3, -0.25) is 0 Å². The molecule has 3 aliphatic carbocycles. The van der Waals surface area contributed by atoms with Gasteiger partial charge in [0, 0.05) is 6.42 Å². The topological polar surface area (TPSA) is 50.9 Å². The maximum atomic E-state index is 6.37. The summed E-state index contributed by atoms with van der Waals surface area (Å²) in [5.41, 5.74) is 12.2. The summed E-state index contributed by atoms with van der Waals surface area (Å²) in [6.07, 6.45) is 22.7. The SMILES string of the molecule is NC1=CC(C2=CC(OI)CC=C2)=CC2=CCC(C3=CC=CC4CC34)=NN12. The number of hydrogen-bond acceptors (Lipinski definition) is 4. The van der Waals surface area contributed by atoms with E-state index in [0.717, 1.165) is 41.3 Å². The molecule has 2 heterocycles. The molecule has 1 fully saturated rings. The van der Waals surface area contributed by atoms with Crippen LogP contribution in [-0.4, -0.2) is 16.8 Å². The second-order valence-electron chi connectivity index (χ2n) is 7.26. The highest BCUT2D eigenvalue weighted by molar-refractivity contribution is 14.1. The Morgan fingerprint density at radius 3 is 3.08 bits per heavy atom. The Morgan fingerprint density at radius 1 is 1.27 bits per heavy atom. The van der Waals surface area contributed by atoms with Crippen LogP contribution in [0.1, 0.15) is 19.3 Å². The third kappa shape index (κ3) is 2.83. The number of nitrogens with zero attached hydrogens (tertiary/aromatic N) is 2. The number of hydrogen-bond donors (Lipinski definition) is 1. The molecule has 0 aromatic heterocycles. The summed E-state index contributed by atoms with van der Waals surface area (Å²) in [4.78, 5) is 0. The molecular weight excluding hydrogens is 437 g/mol. The van der Waals surface area contributed by atoms with Crippen molar-refractivity contribution in [2.75, 3.05) is 0 Å². The molecule has 2 N–H and O–H groups in total. The normalized spacial score (nSPS) is 31.7. The molecule has 1 saturated carbocycles. The highest BCUT2D eigenvalue weighted by atomic mass is 127. The molecule has 3 atom stereocenters.